The lowest BCUT2D eigenvalue weighted by Gasteiger charge is -2.32. The Morgan fingerprint density at radius 2 is 1.67 bits per heavy atom. The first-order valence-corrected chi connectivity index (χ1v) is 14.9. The molecule has 1 fully saturated rings. The number of carbonyl (C=O) groups is 1. The summed E-state index contributed by atoms with van der Waals surface area (Å²) in [4.78, 5) is 27.0. The number of carbonyl (C=O) groups excluding carboxylic acids is 1. The van der Waals surface area contributed by atoms with Gasteiger partial charge in [-0.3, -0.25) is 9.89 Å². The average Bonchev–Trinajstić information content (AvgIpc) is 3.55. The van der Waals surface area contributed by atoms with Crippen molar-refractivity contribution in [1.29, 1.82) is 0 Å². The minimum Gasteiger partial charge on any atom is -0.493 e. The first-order chi connectivity index (χ1) is 22.0. The second kappa shape index (κ2) is 12.3. The smallest absolute Gasteiger partial charge is 0.260 e. The van der Waals surface area contributed by atoms with Gasteiger partial charge in [0.2, 0.25) is 0 Å². The summed E-state index contributed by atoms with van der Waals surface area (Å²) in [5, 5.41) is 12.3. The summed E-state index contributed by atoms with van der Waals surface area (Å²) in [5.41, 5.74) is 5.52. The molecule has 2 aromatic heterocycles. The molecule has 1 saturated heterocycles. The highest BCUT2D eigenvalue weighted by molar-refractivity contribution is 5.95. The Balaban J connectivity index is 1.28. The molecule has 1 aliphatic rings. The number of ether oxygens (including phenoxy) is 2. The zero-order chi connectivity index (χ0) is 30.8. The number of hydrogen-bond donors (Lipinski definition) is 2. The van der Waals surface area contributed by atoms with Gasteiger partial charge in [0.15, 0.2) is 23.9 Å². The summed E-state index contributed by atoms with van der Waals surface area (Å²) >= 11 is 0. The highest BCUT2D eigenvalue weighted by atomic mass is 16.5. The maximum Gasteiger partial charge on any atom is 0.260 e. The van der Waals surface area contributed by atoms with Gasteiger partial charge in [-0.1, -0.05) is 48.5 Å². The third-order valence-corrected chi connectivity index (χ3v) is 8.12. The normalized spacial score (nSPS) is 13.7. The van der Waals surface area contributed by atoms with Crippen molar-refractivity contribution >= 4 is 39.2 Å². The zero-order valence-corrected chi connectivity index (χ0v) is 25.2. The third kappa shape index (κ3) is 6.00. The van der Waals surface area contributed by atoms with E-state index in [0.29, 0.717) is 41.7 Å². The Morgan fingerprint density at radius 3 is 2.49 bits per heavy atom. The van der Waals surface area contributed by atoms with E-state index in [1.54, 1.807) is 13.3 Å². The largest absolute Gasteiger partial charge is 0.493 e. The summed E-state index contributed by atoms with van der Waals surface area (Å²) in [5.74, 6) is 2.04. The van der Waals surface area contributed by atoms with E-state index in [1.165, 1.54) is 0 Å². The molecule has 2 N–H and O–H groups in total. The summed E-state index contributed by atoms with van der Waals surface area (Å²) in [7, 11) is 3.64. The number of benzene rings is 4. The number of amides is 1. The van der Waals surface area contributed by atoms with Crippen molar-refractivity contribution in [2.45, 2.75) is 0 Å². The van der Waals surface area contributed by atoms with Gasteiger partial charge in [-0.05, 0) is 48.5 Å². The zero-order valence-electron chi connectivity index (χ0n) is 25.2. The van der Waals surface area contributed by atoms with Crippen LogP contribution in [-0.2, 0) is 4.79 Å². The summed E-state index contributed by atoms with van der Waals surface area (Å²) in [6, 6.07) is 28.1. The highest BCUT2D eigenvalue weighted by Crippen LogP contribution is 2.37. The average molecular weight is 600 g/mol. The van der Waals surface area contributed by atoms with Crippen molar-refractivity contribution in [3.63, 3.8) is 0 Å². The molecule has 10 nitrogen and oxygen atoms in total. The van der Waals surface area contributed by atoms with E-state index >= 15 is 0 Å². The lowest BCUT2D eigenvalue weighted by molar-refractivity contribution is -0.134. The molecular formula is C35H33N7O3. The number of methoxy groups -OCH3 is 1. The molecule has 0 spiro atoms. The molecule has 0 aliphatic carbocycles. The molecule has 10 heteroatoms. The Labute approximate surface area is 260 Å². The van der Waals surface area contributed by atoms with E-state index in [2.05, 4.69) is 51.7 Å². The van der Waals surface area contributed by atoms with Gasteiger partial charge in [0.05, 0.1) is 24.3 Å². The molecule has 0 bridgehead atoms. The van der Waals surface area contributed by atoms with Gasteiger partial charge in [0, 0.05) is 54.3 Å². The van der Waals surface area contributed by atoms with Gasteiger partial charge >= 0.3 is 0 Å². The Morgan fingerprint density at radius 1 is 0.867 bits per heavy atom. The molecule has 226 valence electrons. The highest BCUT2D eigenvalue weighted by Gasteiger charge is 2.21. The van der Waals surface area contributed by atoms with Crippen molar-refractivity contribution in [2.24, 2.45) is 0 Å². The van der Waals surface area contributed by atoms with Gasteiger partial charge in [-0.15, -0.1) is 0 Å². The fourth-order valence-corrected chi connectivity index (χ4v) is 5.55. The number of nitrogens with zero attached hydrogens (tertiary/aromatic N) is 5. The minimum absolute atomic E-state index is 0.0538. The molecular weight excluding hydrogens is 566 g/mol. The molecule has 0 radical (unpaired) electrons. The first kappa shape index (κ1) is 28.3. The molecule has 1 aliphatic heterocycles. The van der Waals surface area contributed by atoms with E-state index in [4.69, 9.17) is 19.4 Å². The summed E-state index contributed by atoms with van der Waals surface area (Å²) in [6.07, 6.45) is 1.79. The van der Waals surface area contributed by atoms with Crippen LogP contribution in [0.1, 0.15) is 0 Å². The predicted octanol–water partition coefficient (Wildman–Crippen LogP) is 5.75. The fraction of sp³-hybridized carbons (Fsp3) is 0.200. The third-order valence-electron chi connectivity index (χ3n) is 8.12. The topological polar surface area (TPSA) is 108 Å². The monoisotopic (exact) mass is 599 g/mol. The van der Waals surface area contributed by atoms with Crippen LogP contribution in [0.2, 0.25) is 0 Å². The van der Waals surface area contributed by atoms with Crippen molar-refractivity contribution < 1.29 is 14.3 Å². The number of fused-ring (bicyclic) bond motifs is 2. The quantitative estimate of drug-likeness (QED) is 0.228. The van der Waals surface area contributed by atoms with Gasteiger partial charge in [0.25, 0.3) is 5.91 Å². The van der Waals surface area contributed by atoms with E-state index in [0.717, 1.165) is 51.8 Å². The number of piperazine rings is 1. The number of likely N-dealkylation sites (N-methyl/N-ethyl adjacent to an activating group) is 1. The van der Waals surface area contributed by atoms with Crippen molar-refractivity contribution in [1.82, 2.24) is 30.0 Å². The molecule has 0 unspecified atom stereocenters. The number of H-pyrrole nitrogens is 1. The lowest BCUT2D eigenvalue weighted by atomic mass is 10.0. The van der Waals surface area contributed by atoms with Gasteiger partial charge < -0.3 is 24.6 Å². The van der Waals surface area contributed by atoms with Crippen LogP contribution >= 0.6 is 0 Å². The van der Waals surface area contributed by atoms with Crippen LogP contribution in [0.15, 0.2) is 91.1 Å². The second-order valence-electron chi connectivity index (χ2n) is 11.1. The molecule has 0 atom stereocenters. The predicted molar refractivity (Wildman–Crippen MR) is 176 cm³/mol. The SMILES string of the molecule is COc1cc2nc(-c3cccc(-c4ccccc4)c3)nc(Nc3ccc4[nH]ncc4c3)c2cc1OCC(=O)N1CCN(C)CC1. The molecule has 7 rings (SSSR count). The number of hydrogen-bond acceptors (Lipinski definition) is 8. The molecule has 0 saturated carbocycles. The summed E-state index contributed by atoms with van der Waals surface area (Å²) in [6.45, 7) is 2.98. The number of nitrogens with one attached hydrogen (secondary N) is 2. The molecule has 45 heavy (non-hydrogen) atoms. The Kier molecular flexibility index (Phi) is 7.71. The van der Waals surface area contributed by atoms with E-state index in [-0.39, 0.29) is 12.5 Å². The lowest BCUT2D eigenvalue weighted by Crippen LogP contribution is -2.48. The molecule has 4 aromatic carbocycles. The van der Waals surface area contributed by atoms with E-state index in [9.17, 15) is 4.79 Å². The van der Waals surface area contributed by atoms with E-state index in [1.807, 2.05) is 65.6 Å². The fourth-order valence-electron chi connectivity index (χ4n) is 5.55. The number of anilines is 2. The van der Waals surface area contributed by atoms with Crippen molar-refractivity contribution in [3.8, 4) is 34.0 Å². The van der Waals surface area contributed by atoms with Crippen molar-refractivity contribution in [3.05, 3.63) is 91.1 Å². The Bertz CT molecular complexity index is 1980. The van der Waals surface area contributed by atoms with Gasteiger partial charge in [0.1, 0.15) is 5.82 Å². The molecule has 1 amide bonds. The first-order valence-electron chi connectivity index (χ1n) is 14.9. The van der Waals surface area contributed by atoms with Crippen LogP contribution < -0.4 is 14.8 Å². The number of aromatic nitrogens is 4. The minimum atomic E-state index is -0.0866. The standard InChI is InChI=1S/C35H33N7O3/c1-41-13-15-42(16-14-41)33(43)22-45-32-19-28-30(20-31(32)44-2)38-34(25-10-6-9-24(17-25)23-7-4-3-5-8-23)39-35(28)37-27-11-12-29-26(18-27)21-36-40-29/h3-12,17-21H,13-16,22H2,1-2H3,(H,36,40)(H,37,38,39). The van der Waals surface area contributed by atoms with Crippen LogP contribution in [0.4, 0.5) is 11.5 Å². The maximum absolute atomic E-state index is 13.0. The number of rotatable bonds is 8. The molecule has 3 heterocycles. The second-order valence-corrected chi connectivity index (χ2v) is 11.1. The van der Waals surface area contributed by atoms with Crippen LogP contribution in [0, 0.1) is 0 Å². The van der Waals surface area contributed by atoms with Gasteiger partial charge in [-0.25, -0.2) is 9.97 Å². The van der Waals surface area contributed by atoms with Crippen LogP contribution in [0.3, 0.4) is 0 Å². The van der Waals surface area contributed by atoms with Crippen LogP contribution in [-0.4, -0.2) is 82.8 Å². The maximum atomic E-state index is 13.0. The van der Waals surface area contributed by atoms with Crippen LogP contribution in [0.25, 0.3) is 44.3 Å². The number of aromatic amines is 1. The molecule has 6 aromatic rings. The van der Waals surface area contributed by atoms with Gasteiger partial charge in [-0.2, -0.15) is 5.10 Å². The Hall–Kier alpha value is -5.48. The van der Waals surface area contributed by atoms with Crippen LogP contribution in [0.5, 0.6) is 11.5 Å². The summed E-state index contributed by atoms with van der Waals surface area (Å²) < 4.78 is 11.8. The van der Waals surface area contributed by atoms with Crippen molar-refractivity contribution in [2.75, 3.05) is 52.3 Å². The van der Waals surface area contributed by atoms with E-state index < -0.39 is 0 Å².